The average molecular weight is 418 g/mol. The van der Waals surface area contributed by atoms with Crippen molar-refractivity contribution in [3.63, 3.8) is 0 Å². The van der Waals surface area contributed by atoms with Crippen LogP contribution in [0.1, 0.15) is 44.1 Å². The molecule has 0 aliphatic heterocycles. The van der Waals surface area contributed by atoms with E-state index in [0.29, 0.717) is 12.0 Å². The Bertz CT molecular complexity index is 1090. The molecule has 30 heavy (non-hydrogen) atoms. The minimum absolute atomic E-state index is 0.670. The van der Waals surface area contributed by atoms with Gasteiger partial charge in [0.1, 0.15) is 11.8 Å². The molecule has 0 spiro atoms. The van der Waals surface area contributed by atoms with Gasteiger partial charge < -0.3 is 9.30 Å². The number of methoxy groups -OCH3 is 1. The predicted octanol–water partition coefficient (Wildman–Crippen LogP) is 6.14. The van der Waals surface area contributed by atoms with Gasteiger partial charge in [-0.15, -0.1) is 0 Å². The lowest BCUT2D eigenvalue weighted by molar-refractivity contribution is 0.415. The number of nitrogens with one attached hydrogen (secondary N) is 1. The lowest BCUT2D eigenvalue weighted by atomic mass is 10.1. The molecule has 2 aliphatic carbocycles. The van der Waals surface area contributed by atoms with Crippen LogP contribution in [0.25, 0.3) is 22.2 Å². The van der Waals surface area contributed by atoms with Gasteiger partial charge in [-0.2, -0.15) is 5.26 Å². The lowest BCUT2D eigenvalue weighted by Gasteiger charge is -2.16. The normalized spacial score (nSPS) is 16.8. The Labute approximate surface area is 182 Å². The molecule has 5 heteroatoms. The van der Waals surface area contributed by atoms with Gasteiger partial charge in [0.25, 0.3) is 0 Å². The van der Waals surface area contributed by atoms with Crippen LogP contribution in [0.4, 0.5) is 0 Å². The molecule has 1 aromatic heterocycles. The van der Waals surface area contributed by atoms with E-state index in [9.17, 15) is 5.26 Å². The van der Waals surface area contributed by atoms with Gasteiger partial charge >= 0.3 is 0 Å². The van der Waals surface area contributed by atoms with Gasteiger partial charge in [-0.3, -0.25) is 4.72 Å². The number of fused-ring (bicyclic) bond motifs is 1. The van der Waals surface area contributed by atoms with Gasteiger partial charge in [0.15, 0.2) is 0 Å². The highest BCUT2D eigenvalue weighted by molar-refractivity contribution is 7.97. The standard InChI is InChI=1S/C25H27N3OS/c1-29-20-10-13-22-23(15-26)25(28(24(22)14-20)16-17-4-2-3-5-17)18-6-11-21(12-7-18)30-27-19-8-9-19/h6-7,10-14,17,19,27H,2-5,8-9,16H2,1H3. The van der Waals surface area contributed by atoms with Crippen molar-refractivity contribution >= 4 is 22.9 Å². The molecule has 2 aromatic carbocycles. The van der Waals surface area contributed by atoms with E-state index in [4.69, 9.17) is 4.74 Å². The van der Waals surface area contributed by atoms with Crippen LogP contribution in [-0.4, -0.2) is 17.7 Å². The van der Waals surface area contributed by atoms with Crippen molar-refractivity contribution in [3.05, 3.63) is 48.0 Å². The Morgan fingerprint density at radius 1 is 1.10 bits per heavy atom. The van der Waals surface area contributed by atoms with E-state index in [1.807, 2.05) is 12.1 Å². The second-order valence-electron chi connectivity index (χ2n) is 8.50. The number of hydrogen-bond donors (Lipinski definition) is 1. The molecule has 4 nitrogen and oxygen atoms in total. The summed E-state index contributed by atoms with van der Waals surface area (Å²) < 4.78 is 11.4. The van der Waals surface area contributed by atoms with E-state index in [2.05, 4.69) is 45.7 Å². The van der Waals surface area contributed by atoms with Crippen molar-refractivity contribution in [1.29, 1.82) is 5.26 Å². The van der Waals surface area contributed by atoms with Crippen molar-refractivity contribution in [3.8, 4) is 23.1 Å². The van der Waals surface area contributed by atoms with Gasteiger partial charge in [-0.05, 0) is 73.4 Å². The third-order valence-electron chi connectivity index (χ3n) is 6.35. The van der Waals surface area contributed by atoms with Crippen LogP contribution in [0.3, 0.4) is 0 Å². The highest BCUT2D eigenvalue weighted by atomic mass is 32.2. The van der Waals surface area contributed by atoms with E-state index < -0.39 is 0 Å². The van der Waals surface area contributed by atoms with Gasteiger partial charge in [0.05, 0.1) is 23.9 Å². The minimum atomic E-state index is 0.670. The summed E-state index contributed by atoms with van der Waals surface area (Å²) >= 11 is 1.71. The third-order valence-corrected chi connectivity index (χ3v) is 7.31. The Kier molecular flexibility index (Phi) is 5.45. The van der Waals surface area contributed by atoms with Gasteiger partial charge in [-0.1, -0.05) is 25.0 Å². The summed E-state index contributed by atoms with van der Waals surface area (Å²) in [6.07, 6.45) is 7.73. The first-order valence-electron chi connectivity index (χ1n) is 10.9. The van der Waals surface area contributed by atoms with Gasteiger partial charge in [-0.25, -0.2) is 0 Å². The molecule has 154 valence electrons. The highest BCUT2D eigenvalue weighted by Gasteiger charge is 2.24. The van der Waals surface area contributed by atoms with Crippen LogP contribution in [0.2, 0.25) is 0 Å². The fourth-order valence-corrected chi connectivity index (χ4v) is 5.35. The number of hydrogen-bond acceptors (Lipinski definition) is 4. The summed E-state index contributed by atoms with van der Waals surface area (Å²) in [7, 11) is 1.70. The van der Waals surface area contributed by atoms with E-state index in [0.717, 1.165) is 40.0 Å². The summed E-state index contributed by atoms with van der Waals surface area (Å²) in [5.74, 6) is 1.51. The zero-order chi connectivity index (χ0) is 20.5. The number of nitrogens with zero attached hydrogens (tertiary/aromatic N) is 2. The maximum Gasteiger partial charge on any atom is 0.120 e. The quantitative estimate of drug-likeness (QED) is 0.469. The van der Waals surface area contributed by atoms with Crippen LogP contribution in [0, 0.1) is 17.2 Å². The van der Waals surface area contributed by atoms with Crippen molar-refractivity contribution in [2.75, 3.05) is 7.11 Å². The van der Waals surface area contributed by atoms with Crippen LogP contribution in [0.5, 0.6) is 5.75 Å². The fraction of sp³-hybridized carbons (Fsp3) is 0.400. The molecule has 2 saturated carbocycles. The summed E-state index contributed by atoms with van der Waals surface area (Å²) in [5.41, 5.74) is 4.01. The molecule has 3 aromatic rings. The largest absolute Gasteiger partial charge is 0.497 e. The summed E-state index contributed by atoms with van der Waals surface area (Å²) in [4.78, 5) is 1.21. The molecule has 5 rings (SSSR count). The zero-order valence-corrected chi connectivity index (χ0v) is 18.2. The fourth-order valence-electron chi connectivity index (χ4n) is 4.54. The minimum Gasteiger partial charge on any atom is -0.497 e. The Morgan fingerprint density at radius 2 is 1.87 bits per heavy atom. The Morgan fingerprint density at radius 3 is 2.53 bits per heavy atom. The summed E-state index contributed by atoms with van der Waals surface area (Å²) in [6, 6.07) is 17.9. The first kappa shape index (κ1) is 19.5. The Hall–Kier alpha value is -2.42. The monoisotopic (exact) mass is 417 g/mol. The topological polar surface area (TPSA) is 50.0 Å². The second kappa shape index (κ2) is 8.37. The molecule has 0 bridgehead atoms. The first-order valence-corrected chi connectivity index (χ1v) is 11.7. The first-order chi connectivity index (χ1) is 14.8. The number of rotatable bonds is 7. The van der Waals surface area contributed by atoms with E-state index in [1.165, 1.54) is 43.4 Å². The summed E-state index contributed by atoms with van der Waals surface area (Å²) in [6.45, 7) is 0.959. The van der Waals surface area contributed by atoms with Crippen LogP contribution in [-0.2, 0) is 6.54 Å². The van der Waals surface area contributed by atoms with Crippen LogP contribution < -0.4 is 9.46 Å². The molecule has 0 atom stereocenters. The molecule has 0 amide bonds. The SMILES string of the molecule is COc1ccc2c(C#N)c(-c3ccc(SNC4CC4)cc3)n(CC3CCCC3)c2c1. The van der Waals surface area contributed by atoms with Gasteiger partial charge in [0, 0.05) is 28.9 Å². The summed E-state index contributed by atoms with van der Waals surface area (Å²) in [5, 5.41) is 11.1. The third kappa shape index (κ3) is 3.82. The lowest BCUT2D eigenvalue weighted by Crippen LogP contribution is -2.09. The highest BCUT2D eigenvalue weighted by Crippen LogP contribution is 2.38. The molecular weight excluding hydrogens is 390 g/mol. The zero-order valence-electron chi connectivity index (χ0n) is 17.4. The van der Waals surface area contributed by atoms with E-state index >= 15 is 0 Å². The average Bonchev–Trinajstić information content (AvgIpc) is 3.38. The van der Waals surface area contributed by atoms with Crippen molar-refractivity contribution < 1.29 is 4.74 Å². The molecule has 2 aliphatic rings. The van der Waals surface area contributed by atoms with Crippen molar-refractivity contribution in [2.24, 2.45) is 5.92 Å². The molecular formula is C25H27N3OS. The van der Waals surface area contributed by atoms with Gasteiger partial charge in [0.2, 0.25) is 0 Å². The number of benzene rings is 2. The molecule has 0 radical (unpaired) electrons. The molecule has 1 heterocycles. The number of aromatic nitrogens is 1. The molecule has 1 N–H and O–H groups in total. The predicted molar refractivity (Wildman–Crippen MR) is 123 cm³/mol. The number of nitriles is 1. The smallest absolute Gasteiger partial charge is 0.120 e. The maximum absolute atomic E-state index is 10.1. The molecule has 2 fully saturated rings. The van der Waals surface area contributed by atoms with Crippen molar-refractivity contribution in [1.82, 2.24) is 9.29 Å². The van der Waals surface area contributed by atoms with Crippen molar-refractivity contribution in [2.45, 2.75) is 56.0 Å². The number of ether oxygens (including phenoxy) is 1. The van der Waals surface area contributed by atoms with E-state index in [-0.39, 0.29) is 0 Å². The Balaban J connectivity index is 1.58. The molecule has 0 unspecified atom stereocenters. The van der Waals surface area contributed by atoms with Crippen LogP contribution >= 0.6 is 11.9 Å². The van der Waals surface area contributed by atoms with Crippen LogP contribution in [0.15, 0.2) is 47.4 Å². The van der Waals surface area contributed by atoms with E-state index in [1.54, 1.807) is 19.1 Å². The molecule has 0 saturated heterocycles. The second-order valence-corrected chi connectivity index (χ2v) is 9.41. The maximum atomic E-state index is 10.1.